The summed E-state index contributed by atoms with van der Waals surface area (Å²) in [5, 5.41) is 20.2. The highest BCUT2D eigenvalue weighted by atomic mass is 16.4. The summed E-state index contributed by atoms with van der Waals surface area (Å²) in [5.74, 6) is -0.984. The normalized spacial score (nSPS) is 12.7. The summed E-state index contributed by atoms with van der Waals surface area (Å²) in [6.07, 6.45) is 1.05. The van der Waals surface area contributed by atoms with Crippen LogP contribution in [-0.2, 0) is 4.79 Å². The molecule has 0 fully saturated rings. The highest BCUT2D eigenvalue weighted by molar-refractivity contribution is 5.72. The Balaban J connectivity index is 3.58. The number of carboxylic acid groups (broad SMARTS) is 1. The molecule has 0 rings (SSSR count). The zero-order chi connectivity index (χ0) is 11.0. The van der Waals surface area contributed by atoms with Crippen molar-refractivity contribution in [3.05, 3.63) is 0 Å². The number of aliphatic carboxylic acids is 1. The lowest BCUT2D eigenvalue weighted by Gasteiger charge is -2.11. The molecule has 7 heteroatoms. The number of carboxylic acids is 1. The molecule has 0 amide bonds. The van der Waals surface area contributed by atoms with E-state index in [0.717, 1.165) is 0 Å². The maximum Gasteiger partial charge on any atom is 0.320 e. The van der Waals surface area contributed by atoms with E-state index in [-0.39, 0.29) is 0 Å². The van der Waals surface area contributed by atoms with E-state index in [1.165, 1.54) is 0 Å². The molecule has 80 valence electrons. The van der Waals surface area contributed by atoms with Gasteiger partial charge in [-0.1, -0.05) is 5.22 Å². The standard InChI is InChI=1S/C7H15N5O2/c1-9-10-11-12(2)5-3-4-6(8)7(13)14/h6H,1,3-5,8H2,2H3,(H,13,14)/b11-10-/t6-/m1/s1. The average molecular weight is 201 g/mol. The number of nitrogens with two attached hydrogens (primary N) is 1. The fraction of sp³-hybridized carbons (Fsp3) is 0.714. The van der Waals surface area contributed by atoms with Crippen molar-refractivity contribution in [2.24, 2.45) is 21.3 Å². The van der Waals surface area contributed by atoms with E-state index in [1.807, 2.05) is 0 Å². The van der Waals surface area contributed by atoms with E-state index in [0.29, 0.717) is 19.4 Å². The van der Waals surface area contributed by atoms with E-state index in [9.17, 15) is 4.79 Å². The summed E-state index contributed by atoms with van der Waals surface area (Å²) in [7, 11) is 1.71. The molecule has 0 aromatic heterocycles. The van der Waals surface area contributed by atoms with E-state index < -0.39 is 12.0 Å². The second-order valence-corrected chi connectivity index (χ2v) is 2.79. The van der Waals surface area contributed by atoms with Crippen molar-refractivity contribution in [3.63, 3.8) is 0 Å². The number of nitrogens with zero attached hydrogens (tertiary/aromatic N) is 4. The Hall–Kier alpha value is -1.50. The van der Waals surface area contributed by atoms with Gasteiger partial charge in [-0.05, 0) is 18.1 Å². The zero-order valence-electron chi connectivity index (χ0n) is 8.13. The van der Waals surface area contributed by atoms with Gasteiger partial charge in [0.15, 0.2) is 0 Å². The lowest BCUT2D eigenvalue weighted by Crippen LogP contribution is -2.30. The van der Waals surface area contributed by atoms with Crippen LogP contribution < -0.4 is 5.73 Å². The molecule has 0 aromatic carbocycles. The van der Waals surface area contributed by atoms with Gasteiger partial charge < -0.3 is 10.8 Å². The van der Waals surface area contributed by atoms with Crippen molar-refractivity contribution in [2.75, 3.05) is 13.6 Å². The molecule has 0 spiro atoms. The molecule has 0 aliphatic carbocycles. The molecule has 7 nitrogen and oxygen atoms in total. The van der Waals surface area contributed by atoms with E-state index in [2.05, 4.69) is 22.3 Å². The first-order valence-electron chi connectivity index (χ1n) is 4.14. The molecule has 0 aliphatic heterocycles. The van der Waals surface area contributed by atoms with Gasteiger partial charge in [-0.2, -0.15) is 0 Å². The first kappa shape index (κ1) is 12.5. The molecular formula is C7H15N5O2. The van der Waals surface area contributed by atoms with Crippen LogP contribution in [0.1, 0.15) is 12.8 Å². The van der Waals surface area contributed by atoms with E-state index >= 15 is 0 Å². The summed E-state index contributed by atoms with van der Waals surface area (Å²) >= 11 is 0. The Kier molecular flexibility index (Phi) is 6.21. The Labute approximate surface area is 82.3 Å². The van der Waals surface area contributed by atoms with Crippen LogP contribution >= 0.6 is 0 Å². The van der Waals surface area contributed by atoms with Crippen LogP contribution in [0.4, 0.5) is 0 Å². The summed E-state index contributed by atoms with van der Waals surface area (Å²) in [6, 6.07) is -0.808. The van der Waals surface area contributed by atoms with Gasteiger partial charge in [0.05, 0.1) is 0 Å². The predicted octanol–water partition coefficient (Wildman–Crippen LogP) is 0.0931. The van der Waals surface area contributed by atoms with Gasteiger partial charge in [0, 0.05) is 20.3 Å². The van der Waals surface area contributed by atoms with Crippen molar-refractivity contribution in [1.29, 1.82) is 0 Å². The van der Waals surface area contributed by atoms with E-state index in [1.54, 1.807) is 12.1 Å². The largest absolute Gasteiger partial charge is 0.480 e. The molecule has 0 aromatic rings. The van der Waals surface area contributed by atoms with Crippen LogP contribution in [0, 0.1) is 0 Å². The Morgan fingerprint density at radius 1 is 1.71 bits per heavy atom. The summed E-state index contributed by atoms with van der Waals surface area (Å²) in [6.45, 7) is 3.71. The van der Waals surface area contributed by atoms with Crippen molar-refractivity contribution in [3.8, 4) is 0 Å². The fourth-order valence-electron chi connectivity index (χ4n) is 0.805. The zero-order valence-corrected chi connectivity index (χ0v) is 8.13. The molecule has 0 heterocycles. The molecule has 0 aliphatic rings. The Morgan fingerprint density at radius 3 is 2.86 bits per heavy atom. The quantitative estimate of drug-likeness (QED) is 0.346. The minimum Gasteiger partial charge on any atom is -0.480 e. The summed E-state index contributed by atoms with van der Waals surface area (Å²) < 4.78 is 0. The van der Waals surface area contributed by atoms with Crippen LogP contribution in [0.3, 0.4) is 0 Å². The van der Waals surface area contributed by atoms with Crippen molar-refractivity contribution < 1.29 is 9.90 Å². The molecule has 0 radical (unpaired) electrons. The number of hydrogen-bond donors (Lipinski definition) is 2. The summed E-state index contributed by atoms with van der Waals surface area (Å²) in [5.41, 5.74) is 5.30. The third kappa shape index (κ3) is 6.06. The SMILES string of the molecule is C=N/N=N\N(C)CCC[C@@H](N)C(=O)O. The molecular weight excluding hydrogens is 186 g/mol. The highest BCUT2D eigenvalue weighted by Crippen LogP contribution is 1.97. The van der Waals surface area contributed by atoms with Gasteiger partial charge in [-0.25, -0.2) is 0 Å². The van der Waals surface area contributed by atoms with Gasteiger partial charge in [-0.3, -0.25) is 9.80 Å². The highest BCUT2D eigenvalue weighted by Gasteiger charge is 2.10. The minimum atomic E-state index is -0.984. The van der Waals surface area contributed by atoms with Gasteiger partial charge in [0.25, 0.3) is 0 Å². The first-order valence-corrected chi connectivity index (χ1v) is 4.14. The van der Waals surface area contributed by atoms with Gasteiger partial charge in [0.1, 0.15) is 6.04 Å². The third-order valence-corrected chi connectivity index (χ3v) is 1.57. The number of carbonyl (C=O) groups is 1. The van der Waals surface area contributed by atoms with Crippen LogP contribution in [0.25, 0.3) is 0 Å². The van der Waals surface area contributed by atoms with Gasteiger partial charge in [-0.15, -0.1) is 5.10 Å². The monoisotopic (exact) mass is 201 g/mol. The third-order valence-electron chi connectivity index (χ3n) is 1.57. The van der Waals surface area contributed by atoms with Crippen molar-refractivity contribution in [1.82, 2.24) is 5.01 Å². The number of hydrogen-bond acceptors (Lipinski definition) is 4. The van der Waals surface area contributed by atoms with Gasteiger partial charge >= 0.3 is 5.97 Å². The van der Waals surface area contributed by atoms with Crippen LogP contribution in [0.5, 0.6) is 0 Å². The van der Waals surface area contributed by atoms with Crippen molar-refractivity contribution in [2.45, 2.75) is 18.9 Å². The molecule has 1 atom stereocenters. The summed E-state index contributed by atoms with van der Waals surface area (Å²) in [4.78, 5) is 10.3. The lowest BCUT2D eigenvalue weighted by atomic mass is 10.2. The molecule has 0 unspecified atom stereocenters. The molecule has 0 saturated heterocycles. The first-order chi connectivity index (χ1) is 6.57. The minimum absolute atomic E-state index is 0.413. The molecule has 3 N–H and O–H groups in total. The molecule has 14 heavy (non-hydrogen) atoms. The number of rotatable bonds is 7. The smallest absolute Gasteiger partial charge is 0.320 e. The van der Waals surface area contributed by atoms with Crippen molar-refractivity contribution >= 4 is 12.7 Å². The maximum absolute atomic E-state index is 10.3. The topological polar surface area (TPSA) is 104 Å². The van der Waals surface area contributed by atoms with Crippen LogP contribution in [0.15, 0.2) is 15.5 Å². The van der Waals surface area contributed by atoms with Gasteiger partial charge in [0.2, 0.25) is 0 Å². The average Bonchev–Trinajstić information content (AvgIpc) is 2.14. The molecule has 0 saturated carbocycles. The van der Waals surface area contributed by atoms with Crippen LogP contribution in [-0.4, -0.2) is 42.4 Å². The lowest BCUT2D eigenvalue weighted by molar-refractivity contribution is -0.138. The second-order valence-electron chi connectivity index (χ2n) is 2.79. The molecule has 0 bridgehead atoms. The van der Waals surface area contributed by atoms with Crippen LogP contribution in [0.2, 0.25) is 0 Å². The fourth-order valence-corrected chi connectivity index (χ4v) is 0.805. The Morgan fingerprint density at radius 2 is 2.36 bits per heavy atom. The predicted molar refractivity (Wildman–Crippen MR) is 51.9 cm³/mol. The second kappa shape index (κ2) is 6.96. The van der Waals surface area contributed by atoms with E-state index in [4.69, 9.17) is 10.8 Å². The maximum atomic E-state index is 10.3. The Bertz CT molecular complexity index is 218.